The molecular formula is C13H25ClN2O2. The van der Waals surface area contributed by atoms with E-state index in [0.29, 0.717) is 18.6 Å². The highest BCUT2D eigenvalue weighted by atomic mass is 35.5. The minimum absolute atomic E-state index is 0. The van der Waals surface area contributed by atoms with Crippen LogP contribution in [0.25, 0.3) is 0 Å². The summed E-state index contributed by atoms with van der Waals surface area (Å²) in [6.45, 7) is 8.53. The minimum atomic E-state index is -0.255. The third-order valence-electron chi connectivity index (χ3n) is 4.34. The maximum Gasteiger partial charge on any atom is 0.253 e. The Bertz CT molecular complexity index is 272. The van der Waals surface area contributed by atoms with Gasteiger partial charge in [-0.15, -0.1) is 12.4 Å². The maximum absolute atomic E-state index is 12.2. The summed E-state index contributed by atoms with van der Waals surface area (Å²) in [6, 6.07) is 0. The topological polar surface area (TPSA) is 41.6 Å². The van der Waals surface area contributed by atoms with E-state index in [9.17, 15) is 4.79 Å². The first-order valence-electron chi connectivity index (χ1n) is 6.76. The van der Waals surface area contributed by atoms with E-state index in [1.165, 1.54) is 6.42 Å². The van der Waals surface area contributed by atoms with Gasteiger partial charge in [0, 0.05) is 26.2 Å². The Hall–Kier alpha value is -0.320. The van der Waals surface area contributed by atoms with Crippen molar-refractivity contribution in [1.29, 1.82) is 0 Å². The van der Waals surface area contributed by atoms with E-state index in [0.717, 1.165) is 32.5 Å². The summed E-state index contributed by atoms with van der Waals surface area (Å²) < 4.78 is 5.52. The Kier molecular flexibility index (Phi) is 5.89. The zero-order chi connectivity index (χ0) is 12.3. The van der Waals surface area contributed by atoms with E-state index in [1.54, 1.807) is 0 Å². The van der Waals surface area contributed by atoms with Crippen LogP contribution < -0.4 is 5.32 Å². The summed E-state index contributed by atoms with van der Waals surface area (Å²) >= 11 is 0. The van der Waals surface area contributed by atoms with Crippen molar-refractivity contribution in [3.05, 3.63) is 0 Å². The summed E-state index contributed by atoms with van der Waals surface area (Å²) in [7, 11) is 0. The smallest absolute Gasteiger partial charge is 0.253 e. The number of amides is 1. The number of piperidine rings is 1. The van der Waals surface area contributed by atoms with Crippen LogP contribution in [-0.2, 0) is 9.53 Å². The van der Waals surface area contributed by atoms with Crippen LogP contribution in [0.3, 0.4) is 0 Å². The summed E-state index contributed by atoms with van der Waals surface area (Å²) in [5, 5.41) is 3.21. The molecule has 1 atom stereocenters. The molecule has 2 aliphatic rings. The molecule has 5 heteroatoms. The average Bonchev–Trinajstić information content (AvgIpc) is 2.40. The third kappa shape index (κ3) is 3.59. The normalized spacial score (nSPS) is 27.4. The number of nitrogens with one attached hydrogen (secondary N) is 1. The molecule has 2 saturated heterocycles. The molecule has 0 bridgehead atoms. The number of rotatable bonds is 2. The molecule has 0 radical (unpaired) electrons. The second-order valence-corrected chi connectivity index (χ2v) is 5.55. The molecule has 0 aromatic carbocycles. The molecule has 1 N–H and O–H groups in total. The number of ether oxygens (including phenoxy) is 1. The van der Waals surface area contributed by atoms with Gasteiger partial charge < -0.3 is 15.0 Å². The van der Waals surface area contributed by atoms with Gasteiger partial charge in [0.25, 0.3) is 5.91 Å². The van der Waals surface area contributed by atoms with Crippen molar-refractivity contribution in [2.45, 2.75) is 39.2 Å². The molecule has 1 unspecified atom stereocenters. The van der Waals surface area contributed by atoms with Gasteiger partial charge in [0.2, 0.25) is 0 Å². The Morgan fingerprint density at radius 2 is 2.11 bits per heavy atom. The van der Waals surface area contributed by atoms with Crippen molar-refractivity contribution in [1.82, 2.24) is 10.2 Å². The Labute approximate surface area is 116 Å². The lowest BCUT2D eigenvalue weighted by atomic mass is 9.78. The molecule has 4 nitrogen and oxygen atoms in total. The van der Waals surface area contributed by atoms with E-state index < -0.39 is 0 Å². The van der Waals surface area contributed by atoms with Gasteiger partial charge in [-0.05, 0) is 18.3 Å². The van der Waals surface area contributed by atoms with Crippen LogP contribution in [0, 0.1) is 5.41 Å². The van der Waals surface area contributed by atoms with E-state index >= 15 is 0 Å². The fraction of sp³-hybridized carbons (Fsp3) is 0.923. The highest BCUT2D eigenvalue weighted by Gasteiger charge is 2.33. The van der Waals surface area contributed by atoms with Crippen LogP contribution in [0.4, 0.5) is 0 Å². The van der Waals surface area contributed by atoms with E-state index in [4.69, 9.17) is 4.74 Å². The second kappa shape index (κ2) is 6.73. The lowest BCUT2D eigenvalue weighted by Crippen LogP contribution is -2.52. The van der Waals surface area contributed by atoms with Crippen LogP contribution in [-0.4, -0.2) is 49.7 Å². The van der Waals surface area contributed by atoms with Crippen LogP contribution in [0.2, 0.25) is 0 Å². The maximum atomic E-state index is 12.2. The SMILES string of the molecule is CCC1(C)CCN(C(=O)C2CNCCO2)CC1.Cl. The van der Waals surface area contributed by atoms with Crippen LogP contribution in [0.5, 0.6) is 0 Å². The first kappa shape index (κ1) is 15.7. The van der Waals surface area contributed by atoms with Crippen molar-refractivity contribution in [2.75, 3.05) is 32.8 Å². The monoisotopic (exact) mass is 276 g/mol. The zero-order valence-corrected chi connectivity index (χ0v) is 12.2. The largest absolute Gasteiger partial charge is 0.366 e. The lowest BCUT2D eigenvalue weighted by Gasteiger charge is -2.40. The second-order valence-electron chi connectivity index (χ2n) is 5.55. The minimum Gasteiger partial charge on any atom is -0.366 e. The molecule has 0 aliphatic carbocycles. The van der Waals surface area contributed by atoms with Crippen molar-refractivity contribution < 1.29 is 9.53 Å². The van der Waals surface area contributed by atoms with Crippen molar-refractivity contribution in [2.24, 2.45) is 5.41 Å². The van der Waals surface area contributed by atoms with Crippen molar-refractivity contribution >= 4 is 18.3 Å². The van der Waals surface area contributed by atoms with E-state index in [2.05, 4.69) is 19.2 Å². The van der Waals surface area contributed by atoms with Crippen molar-refractivity contribution in [3.8, 4) is 0 Å². The van der Waals surface area contributed by atoms with E-state index in [-0.39, 0.29) is 24.4 Å². The predicted octanol–water partition coefficient (Wildman–Crippen LogP) is 1.44. The number of carbonyl (C=O) groups is 1. The number of carbonyl (C=O) groups excluding carboxylic acids is 1. The first-order valence-corrected chi connectivity index (χ1v) is 6.76. The highest BCUT2D eigenvalue weighted by Crippen LogP contribution is 2.34. The predicted molar refractivity (Wildman–Crippen MR) is 74.1 cm³/mol. The van der Waals surface area contributed by atoms with Gasteiger partial charge in [-0.25, -0.2) is 0 Å². The van der Waals surface area contributed by atoms with Gasteiger partial charge in [-0.1, -0.05) is 20.3 Å². The molecule has 2 rings (SSSR count). The molecule has 0 aromatic heterocycles. The van der Waals surface area contributed by atoms with E-state index in [1.807, 2.05) is 4.90 Å². The number of likely N-dealkylation sites (tertiary alicyclic amines) is 1. The van der Waals surface area contributed by atoms with Gasteiger partial charge in [-0.3, -0.25) is 4.79 Å². The molecule has 2 heterocycles. The van der Waals surface area contributed by atoms with Crippen LogP contribution >= 0.6 is 12.4 Å². The van der Waals surface area contributed by atoms with Gasteiger partial charge in [-0.2, -0.15) is 0 Å². The molecule has 1 amide bonds. The zero-order valence-electron chi connectivity index (χ0n) is 11.4. The highest BCUT2D eigenvalue weighted by molar-refractivity contribution is 5.85. The quantitative estimate of drug-likeness (QED) is 0.830. The molecule has 0 saturated carbocycles. The first-order chi connectivity index (χ1) is 8.14. The van der Waals surface area contributed by atoms with Crippen molar-refractivity contribution in [3.63, 3.8) is 0 Å². The molecular weight excluding hydrogens is 252 g/mol. The number of hydrogen-bond donors (Lipinski definition) is 1. The average molecular weight is 277 g/mol. The summed E-state index contributed by atoms with van der Waals surface area (Å²) in [5.41, 5.74) is 0.433. The standard InChI is InChI=1S/C13H24N2O2.ClH/c1-3-13(2)4-7-15(8-5-13)12(16)11-10-14-6-9-17-11;/h11,14H,3-10H2,1-2H3;1H. The molecule has 0 aromatic rings. The number of nitrogens with zero attached hydrogens (tertiary/aromatic N) is 1. The van der Waals surface area contributed by atoms with Gasteiger partial charge in [0.05, 0.1) is 6.61 Å². The van der Waals surface area contributed by atoms with Crippen LogP contribution in [0.1, 0.15) is 33.1 Å². The Morgan fingerprint density at radius 1 is 1.44 bits per heavy atom. The van der Waals surface area contributed by atoms with Gasteiger partial charge in [0.1, 0.15) is 6.10 Å². The fourth-order valence-electron chi connectivity index (χ4n) is 2.55. The Morgan fingerprint density at radius 3 is 2.61 bits per heavy atom. The summed E-state index contributed by atoms with van der Waals surface area (Å²) in [5.74, 6) is 0.176. The van der Waals surface area contributed by atoms with Gasteiger partial charge >= 0.3 is 0 Å². The molecule has 2 aliphatic heterocycles. The molecule has 0 spiro atoms. The van der Waals surface area contributed by atoms with Crippen LogP contribution in [0.15, 0.2) is 0 Å². The Balaban J connectivity index is 0.00000162. The number of morpholine rings is 1. The molecule has 2 fully saturated rings. The molecule has 18 heavy (non-hydrogen) atoms. The summed E-state index contributed by atoms with van der Waals surface area (Å²) in [4.78, 5) is 14.2. The fourth-order valence-corrected chi connectivity index (χ4v) is 2.55. The van der Waals surface area contributed by atoms with Gasteiger partial charge in [0.15, 0.2) is 0 Å². The lowest BCUT2D eigenvalue weighted by molar-refractivity contribution is -0.147. The number of hydrogen-bond acceptors (Lipinski definition) is 3. The molecule has 106 valence electrons. The third-order valence-corrected chi connectivity index (χ3v) is 4.34. The summed E-state index contributed by atoms with van der Waals surface area (Å²) in [6.07, 6.45) is 3.19. The number of halogens is 1.